The number of rotatable bonds is 8. The number of pyridine rings is 4. The van der Waals surface area contributed by atoms with Crippen LogP contribution in [0.15, 0.2) is 98.1 Å². The molecule has 8 heterocycles. The fourth-order valence-corrected chi connectivity index (χ4v) is 9.64. The maximum absolute atomic E-state index is 14.3. The van der Waals surface area contributed by atoms with Crippen LogP contribution < -0.4 is 20.4 Å². The molecule has 344 valence electrons. The van der Waals surface area contributed by atoms with Crippen LogP contribution in [0.5, 0.6) is 0 Å². The first kappa shape index (κ1) is 45.9. The van der Waals surface area contributed by atoms with Crippen LogP contribution in [0.1, 0.15) is 57.3 Å². The third-order valence-corrected chi connectivity index (χ3v) is 12.7. The van der Waals surface area contributed by atoms with Crippen molar-refractivity contribution in [3.05, 3.63) is 154 Å². The van der Waals surface area contributed by atoms with Gasteiger partial charge in [0.15, 0.2) is 0 Å². The highest BCUT2D eigenvalue weighted by atomic mass is 19.1. The third kappa shape index (κ3) is 10.8. The molecule has 0 amide bonds. The highest BCUT2D eigenvalue weighted by molar-refractivity contribution is 5.89. The second-order valence-corrected chi connectivity index (χ2v) is 17.6. The van der Waals surface area contributed by atoms with E-state index in [0.717, 1.165) is 119 Å². The standard InChI is InChI=1S/2C27H26FN5O/c2*1-18-8-22(11-23(28)9-18)24-16-31-15-21(3-2-19-10-20(12-29)14-30-13-19)27(24)33-6-4-25-26(17-33)34-7-5-32-25/h2*2-3,8-11,13-16,25-26,32H,4-7,17H2,1H3/b2*3-2+/t2*25-,26-/m10/s1. The zero-order valence-corrected chi connectivity index (χ0v) is 38.1. The summed E-state index contributed by atoms with van der Waals surface area (Å²) in [5.74, 6) is -0.528. The van der Waals surface area contributed by atoms with E-state index in [1.54, 1.807) is 49.1 Å². The number of fused-ring (bicyclic) bond motifs is 2. The van der Waals surface area contributed by atoms with E-state index in [1.807, 2.05) is 75.1 Å². The number of aryl methyl sites for hydroxylation is 2. The summed E-state index contributed by atoms with van der Waals surface area (Å²) in [4.78, 5) is 21.9. The van der Waals surface area contributed by atoms with Gasteiger partial charge < -0.3 is 29.9 Å². The molecule has 10 rings (SSSR count). The Morgan fingerprint density at radius 3 is 1.44 bits per heavy atom. The summed E-state index contributed by atoms with van der Waals surface area (Å²) in [5.41, 5.74) is 11.6. The Labute approximate surface area is 395 Å². The van der Waals surface area contributed by atoms with Crippen LogP contribution in [0, 0.1) is 48.1 Å². The van der Waals surface area contributed by atoms with E-state index in [2.05, 4.69) is 52.5 Å². The molecule has 4 atom stereocenters. The average Bonchev–Trinajstić information content (AvgIpc) is 3.36. The number of anilines is 2. The number of benzene rings is 2. The molecule has 4 aliphatic heterocycles. The molecule has 4 saturated heterocycles. The molecule has 0 bridgehead atoms. The number of ether oxygens (including phenoxy) is 2. The molecule has 68 heavy (non-hydrogen) atoms. The van der Waals surface area contributed by atoms with Gasteiger partial charge in [-0.3, -0.25) is 19.9 Å². The second kappa shape index (κ2) is 21.2. The molecular weight excluding hydrogens is 859 g/mol. The predicted octanol–water partition coefficient (Wildman–Crippen LogP) is 8.40. The first-order chi connectivity index (χ1) is 33.2. The van der Waals surface area contributed by atoms with Crippen LogP contribution in [0.25, 0.3) is 46.6 Å². The van der Waals surface area contributed by atoms with E-state index in [4.69, 9.17) is 9.47 Å². The van der Waals surface area contributed by atoms with Crippen LogP contribution in [-0.2, 0) is 9.47 Å². The molecule has 6 aromatic rings. The Hall–Kier alpha value is -7.20. The van der Waals surface area contributed by atoms with Crippen LogP contribution >= 0.6 is 0 Å². The fraction of sp³-hybridized carbons (Fsp3) is 0.296. The van der Waals surface area contributed by atoms with Gasteiger partial charge in [-0.2, -0.15) is 10.5 Å². The molecule has 4 fully saturated rings. The Morgan fingerprint density at radius 2 is 1.01 bits per heavy atom. The van der Waals surface area contributed by atoms with Gasteiger partial charge in [0.1, 0.15) is 23.8 Å². The van der Waals surface area contributed by atoms with Crippen molar-refractivity contribution in [2.45, 2.75) is 51.0 Å². The van der Waals surface area contributed by atoms with Crippen molar-refractivity contribution in [1.82, 2.24) is 30.6 Å². The van der Waals surface area contributed by atoms with Crippen molar-refractivity contribution < 1.29 is 18.3 Å². The molecule has 12 nitrogen and oxygen atoms in total. The first-order valence-electron chi connectivity index (χ1n) is 23.0. The third-order valence-electron chi connectivity index (χ3n) is 12.7. The van der Waals surface area contributed by atoms with Crippen LogP contribution in [-0.4, -0.2) is 96.7 Å². The largest absolute Gasteiger partial charge is 0.373 e. The van der Waals surface area contributed by atoms with Gasteiger partial charge in [0.05, 0.1) is 47.9 Å². The smallest absolute Gasteiger partial charge is 0.124 e. The van der Waals surface area contributed by atoms with Crippen LogP contribution in [0.4, 0.5) is 20.2 Å². The Bertz CT molecular complexity index is 2690. The number of hydrogen-bond donors (Lipinski definition) is 2. The molecule has 2 aromatic carbocycles. The molecule has 2 N–H and O–H groups in total. The minimum atomic E-state index is -0.264. The molecule has 0 unspecified atom stereocenters. The van der Waals surface area contributed by atoms with Crippen molar-refractivity contribution >= 4 is 35.7 Å². The topological polar surface area (TPSA) is 148 Å². The van der Waals surface area contributed by atoms with E-state index in [0.29, 0.717) is 36.4 Å². The van der Waals surface area contributed by atoms with E-state index in [-0.39, 0.29) is 23.8 Å². The monoisotopic (exact) mass is 910 g/mol. The Morgan fingerprint density at radius 1 is 0.574 bits per heavy atom. The highest BCUT2D eigenvalue weighted by Crippen LogP contribution is 2.39. The number of aromatic nitrogens is 4. The molecule has 4 aliphatic rings. The molecule has 0 radical (unpaired) electrons. The lowest BCUT2D eigenvalue weighted by molar-refractivity contribution is -0.00907. The quantitative estimate of drug-likeness (QED) is 0.151. The van der Waals surface area contributed by atoms with Gasteiger partial charge in [0.2, 0.25) is 0 Å². The van der Waals surface area contributed by atoms with Crippen molar-refractivity contribution in [3.63, 3.8) is 0 Å². The Balaban J connectivity index is 0.000000170. The lowest BCUT2D eigenvalue weighted by atomic mass is 9.95. The second-order valence-electron chi connectivity index (χ2n) is 17.6. The predicted molar refractivity (Wildman–Crippen MR) is 261 cm³/mol. The summed E-state index contributed by atoms with van der Waals surface area (Å²) in [5, 5.41) is 25.5. The minimum absolute atomic E-state index is 0.103. The summed E-state index contributed by atoms with van der Waals surface area (Å²) in [6, 6.07) is 18.7. The first-order valence-corrected chi connectivity index (χ1v) is 23.0. The molecule has 4 aromatic heterocycles. The van der Waals surface area contributed by atoms with Gasteiger partial charge in [-0.05, 0) is 96.5 Å². The van der Waals surface area contributed by atoms with E-state index >= 15 is 0 Å². The van der Waals surface area contributed by atoms with Crippen LogP contribution in [0.3, 0.4) is 0 Å². The van der Waals surface area contributed by atoms with Gasteiger partial charge >= 0.3 is 0 Å². The highest BCUT2D eigenvalue weighted by Gasteiger charge is 2.35. The molecule has 14 heteroatoms. The number of halogens is 2. The summed E-state index contributed by atoms with van der Waals surface area (Å²) in [6.45, 7) is 10.2. The fourth-order valence-electron chi connectivity index (χ4n) is 9.64. The van der Waals surface area contributed by atoms with E-state index < -0.39 is 0 Å². The number of nitrogens with zero attached hydrogens (tertiary/aromatic N) is 8. The number of hydrogen-bond acceptors (Lipinski definition) is 12. The lowest BCUT2D eigenvalue weighted by Gasteiger charge is -2.43. The van der Waals surface area contributed by atoms with Crippen LogP contribution in [0.2, 0.25) is 0 Å². The summed E-state index contributed by atoms with van der Waals surface area (Å²) < 4.78 is 40.8. The SMILES string of the molecule is Cc1cc(F)cc(-c2cncc(/C=C/c3cncc(C#N)c3)c2N2CC[C@@H]3NCCO[C@H]3C2)c1.Cc1cc(F)cc(-c2cncc(/C=C/c3cncc(C#N)c3)c2N2CC[C@H]3NCCO[C@@H]3C2)c1. The number of morpholine rings is 2. The number of nitrogens with one attached hydrogen (secondary N) is 2. The van der Waals surface area contributed by atoms with Gasteiger partial charge in [0, 0.05) is 123 Å². The van der Waals surface area contributed by atoms with E-state index in [9.17, 15) is 19.3 Å². The Kier molecular flexibility index (Phi) is 14.3. The number of piperidine rings is 2. The van der Waals surface area contributed by atoms with Gasteiger partial charge in [-0.25, -0.2) is 8.78 Å². The molecule has 0 aliphatic carbocycles. The molecule has 0 saturated carbocycles. The summed E-state index contributed by atoms with van der Waals surface area (Å²) >= 11 is 0. The van der Waals surface area contributed by atoms with Gasteiger partial charge in [-0.1, -0.05) is 36.4 Å². The normalized spacial score (nSPS) is 20.2. The molecule has 0 spiro atoms. The van der Waals surface area contributed by atoms with Crippen molar-refractivity contribution in [2.75, 3.05) is 62.3 Å². The van der Waals surface area contributed by atoms with Gasteiger partial charge in [-0.15, -0.1) is 0 Å². The maximum atomic E-state index is 14.3. The lowest BCUT2D eigenvalue weighted by Crippen LogP contribution is -2.58. The zero-order chi connectivity index (χ0) is 47.0. The van der Waals surface area contributed by atoms with E-state index in [1.165, 1.54) is 12.1 Å². The maximum Gasteiger partial charge on any atom is 0.124 e. The minimum Gasteiger partial charge on any atom is -0.373 e. The molecular formula is C54H52F2N10O2. The van der Waals surface area contributed by atoms with Crippen molar-refractivity contribution in [2.24, 2.45) is 0 Å². The zero-order valence-electron chi connectivity index (χ0n) is 38.1. The van der Waals surface area contributed by atoms with Crippen molar-refractivity contribution in [3.8, 4) is 34.4 Å². The number of nitriles is 2. The average molecular weight is 911 g/mol. The summed E-state index contributed by atoms with van der Waals surface area (Å²) in [6.07, 6.45) is 23.8. The van der Waals surface area contributed by atoms with Gasteiger partial charge in [0.25, 0.3) is 0 Å². The van der Waals surface area contributed by atoms with Crippen molar-refractivity contribution in [1.29, 1.82) is 10.5 Å². The summed E-state index contributed by atoms with van der Waals surface area (Å²) in [7, 11) is 0.